The Hall–Kier alpha value is -0.803. The molecule has 0 saturated heterocycles. The molecule has 0 radical (unpaired) electrons. The lowest BCUT2D eigenvalue weighted by Gasteiger charge is -2.20. The van der Waals surface area contributed by atoms with Crippen molar-refractivity contribution < 1.29 is 9.16 Å². The number of hydrogen-bond donors (Lipinski definition) is 0. The second kappa shape index (κ2) is 4.81. The van der Waals surface area contributed by atoms with Crippen molar-refractivity contribution in [3.8, 4) is 5.75 Å². The molecule has 0 fully saturated rings. The quantitative estimate of drug-likeness (QED) is 0.732. The summed E-state index contributed by atoms with van der Waals surface area (Å²) in [4.78, 5) is 0. The average molecular weight is 224 g/mol. The Labute approximate surface area is 93.4 Å². The predicted octanol–water partition coefficient (Wildman–Crippen LogP) is 2.94. The number of rotatable bonds is 4. The second-order valence-corrected chi connectivity index (χ2v) is 8.73. The summed E-state index contributed by atoms with van der Waals surface area (Å²) in [5, 5.41) is 0. The van der Waals surface area contributed by atoms with E-state index in [0.717, 1.165) is 11.8 Å². The van der Waals surface area contributed by atoms with Gasteiger partial charge in [0.15, 0.2) is 8.32 Å². The van der Waals surface area contributed by atoms with Crippen molar-refractivity contribution in [2.75, 3.05) is 14.2 Å². The zero-order valence-electron chi connectivity index (χ0n) is 10.3. The summed E-state index contributed by atoms with van der Waals surface area (Å²) < 4.78 is 10.8. The van der Waals surface area contributed by atoms with Crippen LogP contribution in [0.4, 0.5) is 0 Å². The normalized spacial score (nSPS) is 11.5. The van der Waals surface area contributed by atoms with E-state index >= 15 is 0 Å². The Bertz CT molecular complexity index is 334. The van der Waals surface area contributed by atoms with Crippen LogP contribution in [0.15, 0.2) is 18.2 Å². The first-order chi connectivity index (χ1) is 6.98. The van der Waals surface area contributed by atoms with E-state index in [1.807, 2.05) is 13.2 Å². The van der Waals surface area contributed by atoms with Gasteiger partial charge < -0.3 is 9.16 Å². The van der Waals surface area contributed by atoms with E-state index in [-0.39, 0.29) is 0 Å². The van der Waals surface area contributed by atoms with Crippen LogP contribution >= 0.6 is 0 Å². The van der Waals surface area contributed by atoms with Gasteiger partial charge in [0.1, 0.15) is 5.75 Å². The van der Waals surface area contributed by atoms with Gasteiger partial charge in [-0.1, -0.05) is 12.1 Å². The molecule has 15 heavy (non-hydrogen) atoms. The Morgan fingerprint density at radius 1 is 1.20 bits per heavy atom. The summed E-state index contributed by atoms with van der Waals surface area (Å²) in [6, 6.07) is 7.39. The van der Waals surface area contributed by atoms with E-state index < -0.39 is 8.32 Å². The molecule has 0 aliphatic heterocycles. The van der Waals surface area contributed by atoms with Crippen LogP contribution in [-0.2, 0) is 10.5 Å². The molecular formula is C12H20O2Si. The van der Waals surface area contributed by atoms with E-state index in [1.165, 1.54) is 11.1 Å². The lowest BCUT2D eigenvalue weighted by Crippen LogP contribution is -2.32. The molecule has 0 aliphatic carbocycles. The maximum Gasteiger partial charge on any atom is 0.190 e. The fourth-order valence-electron chi connectivity index (χ4n) is 1.61. The van der Waals surface area contributed by atoms with Crippen molar-refractivity contribution in [2.45, 2.75) is 26.1 Å². The summed E-state index contributed by atoms with van der Waals surface area (Å²) in [5.74, 6) is 0.954. The molecule has 1 rings (SSSR count). The Kier molecular flexibility index (Phi) is 3.94. The van der Waals surface area contributed by atoms with Gasteiger partial charge in [0.2, 0.25) is 0 Å². The van der Waals surface area contributed by atoms with E-state index in [0.29, 0.717) is 0 Å². The third kappa shape index (κ3) is 3.36. The number of ether oxygens (including phenoxy) is 1. The third-order valence-corrected chi connectivity index (χ3v) is 5.01. The zero-order chi connectivity index (χ0) is 11.5. The van der Waals surface area contributed by atoms with Crippen LogP contribution in [0.25, 0.3) is 0 Å². The van der Waals surface area contributed by atoms with Crippen LogP contribution in [0.2, 0.25) is 13.1 Å². The summed E-state index contributed by atoms with van der Waals surface area (Å²) >= 11 is 0. The van der Waals surface area contributed by atoms with Crippen molar-refractivity contribution >= 4 is 8.32 Å². The minimum absolute atomic E-state index is 0.954. The Morgan fingerprint density at radius 3 is 2.33 bits per heavy atom. The van der Waals surface area contributed by atoms with Crippen LogP contribution in [0.1, 0.15) is 11.1 Å². The molecule has 0 saturated carbocycles. The molecule has 0 bridgehead atoms. The molecule has 3 heteroatoms. The standard InChI is InChI=1S/C12H20O2Si/c1-10-8-11(6-7-12(10)13-2)9-15(4,5)14-3/h6-8H,9H2,1-5H3. The first-order valence-electron chi connectivity index (χ1n) is 5.17. The highest BCUT2D eigenvalue weighted by Crippen LogP contribution is 2.21. The summed E-state index contributed by atoms with van der Waals surface area (Å²) in [6.45, 7) is 6.53. The van der Waals surface area contributed by atoms with Gasteiger partial charge >= 0.3 is 0 Å². The van der Waals surface area contributed by atoms with E-state index in [2.05, 4.69) is 32.2 Å². The van der Waals surface area contributed by atoms with Crippen molar-refractivity contribution in [1.29, 1.82) is 0 Å². The number of aryl methyl sites for hydroxylation is 1. The molecule has 1 aromatic carbocycles. The largest absolute Gasteiger partial charge is 0.496 e. The smallest absolute Gasteiger partial charge is 0.190 e. The first kappa shape index (κ1) is 12.3. The minimum atomic E-state index is -1.51. The molecule has 84 valence electrons. The highest BCUT2D eigenvalue weighted by Gasteiger charge is 2.21. The monoisotopic (exact) mass is 224 g/mol. The number of benzene rings is 1. The predicted molar refractivity (Wildman–Crippen MR) is 65.9 cm³/mol. The number of methoxy groups -OCH3 is 1. The van der Waals surface area contributed by atoms with Crippen LogP contribution in [0.5, 0.6) is 5.75 Å². The molecule has 0 heterocycles. The molecule has 0 spiro atoms. The average Bonchev–Trinajstić information content (AvgIpc) is 2.17. The van der Waals surface area contributed by atoms with Gasteiger partial charge in [-0.3, -0.25) is 0 Å². The first-order valence-corrected chi connectivity index (χ1v) is 8.29. The molecular weight excluding hydrogens is 204 g/mol. The SMILES string of the molecule is COc1ccc(C[Si](C)(C)OC)cc1C. The highest BCUT2D eigenvalue weighted by molar-refractivity contribution is 6.70. The fraction of sp³-hybridized carbons (Fsp3) is 0.500. The van der Waals surface area contributed by atoms with Crippen LogP contribution in [-0.4, -0.2) is 22.5 Å². The molecule has 0 aliphatic rings. The van der Waals surface area contributed by atoms with Crippen LogP contribution in [0.3, 0.4) is 0 Å². The molecule has 0 atom stereocenters. The molecule has 0 amide bonds. The van der Waals surface area contributed by atoms with E-state index in [9.17, 15) is 0 Å². The number of hydrogen-bond acceptors (Lipinski definition) is 2. The van der Waals surface area contributed by atoms with Crippen molar-refractivity contribution in [3.05, 3.63) is 29.3 Å². The zero-order valence-corrected chi connectivity index (χ0v) is 11.3. The maximum absolute atomic E-state index is 5.55. The van der Waals surface area contributed by atoms with Crippen LogP contribution in [0, 0.1) is 6.92 Å². The van der Waals surface area contributed by atoms with Crippen molar-refractivity contribution in [1.82, 2.24) is 0 Å². The minimum Gasteiger partial charge on any atom is -0.496 e. The van der Waals surface area contributed by atoms with Crippen molar-refractivity contribution in [2.24, 2.45) is 0 Å². The van der Waals surface area contributed by atoms with Gasteiger partial charge in [0.05, 0.1) is 7.11 Å². The van der Waals surface area contributed by atoms with Crippen molar-refractivity contribution in [3.63, 3.8) is 0 Å². The lowest BCUT2D eigenvalue weighted by atomic mass is 10.1. The molecule has 2 nitrogen and oxygen atoms in total. The third-order valence-electron chi connectivity index (χ3n) is 2.64. The summed E-state index contributed by atoms with van der Waals surface area (Å²) in [7, 11) is 2.00. The highest BCUT2D eigenvalue weighted by atomic mass is 28.4. The molecule has 0 unspecified atom stereocenters. The van der Waals surface area contributed by atoms with E-state index in [4.69, 9.17) is 9.16 Å². The van der Waals surface area contributed by atoms with Gasteiger partial charge in [0, 0.05) is 7.11 Å². The van der Waals surface area contributed by atoms with Gasteiger partial charge in [-0.25, -0.2) is 0 Å². The fourth-order valence-corrected chi connectivity index (χ4v) is 2.96. The molecule has 1 aromatic rings. The Morgan fingerprint density at radius 2 is 1.87 bits per heavy atom. The Balaban J connectivity index is 2.84. The molecule has 0 N–H and O–H groups in total. The molecule has 0 aromatic heterocycles. The summed E-state index contributed by atoms with van der Waals surface area (Å²) in [5.41, 5.74) is 2.53. The van der Waals surface area contributed by atoms with Gasteiger partial charge in [-0.05, 0) is 43.3 Å². The summed E-state index contributed by atoms with van der Waals surface area (Å²) in [6.07, 6.45) is 0. The van der Waals surface area contributed by atoms with Gasteiger partial charge in [-0.15, -0.1) is 0 Å². The second-order valence-electron chi connectivity index (χ2n) is 4.44. The van der Waals surface area contributed by atoms with Crippen LogP contribution < -0.4 is 4.74 Å². The van der Waals surface area contributed by atoms with E-state index in [1.54, 1.807) is 7.11 Å². The maximum atomic E-state index is 5.55. The van der Waals surface area contributed by atoms with Gasteiger partial charge in [0.25, 0.3) is 0 Å². The topological polar surface area (TPSA) is 18.5 Å². The lowest BCUT2D eigenvalue weighted by molar-refractivity contribution is 0.402. The van der Waals surface area contributed by atoms with Gasteiger partial charge in [-0.2, -0.15) is 0 Å².